The van der Waals surface area contributed by atoms with E-state index in [0.717, 1.165) is 18.2 Å². The van der Waals surface area contributed by atoms with Crippen molar-refractivity contribution in [2.45, 2.75) is 25.8 Å². The molecule has 1 heterocycles. The molecule has 4 rings (SSSR count). The molecule has 3 aromatic rings. The fraction of sp³-hybridized carbons (Fsp3) is 0.333. The average molecular weight is 485 g/mol. The van der Waals surface area contributed by atoms with Gasteiger partial charge in [0.1, 0.15) is 23.0 Å². The zero-order valence-corrected chi connectivity index (χ0v) is 17.5. The van der Waals surface area contributed by atoms with Crippen molar-refractivity contribution in [2.75, 3.05) is 13.8 Å². The van der Waals surface area contributed by atoms with Crippen LogP contribution < -0.4 is 0 Å². The summed E-state index contributed by atoms with van der Waals surface area (Å²) in [7, 11) is 1.18. The second-order valence-corrected chi connectivity index (χ2v) is 8.45. The summed E-state index contributed by atoms with van der Waals surface area (Å²) >= 11 is 2.93. The molecular formula is C21H17BrF4N2O2. The van der Waals surface area contributed by atoms with E-state index in [1.807, 2.05) is 0 Å². The quantitative estimate of drug-likeness (QED) is 0.269. The van der Waals surface area contributed by atoms with Crippen LogP contribution in [0.25, 0.3) is 11.0 Å². The molecule has 0 amide bonds. The van der Waals surface area contributed by atoms with Crippen LogP contribution in [0.3, 0.4) is 0 Å². The first-order valence-electron chi connectivity index (χ1n) is 9.23. The molecule has 1 aromatic heterocycles. The van der Waals surface area contributed by atoms with E-state index in [4.69, 9.17) is 0 Å². The minimum atomic E-state index is -0.750. The van der Waals surface area contributed by atoms with E-state index in [2.05, 4.69) is 25.7 Å². The molecule has 0 saturated heterocycles. The van der Waals surface area contributed by atoms with Gasteiger partial charge in [-0.05, 0) is 58.6 Å². The van der Waals surface area contributed by atoms with E-state index in [1.54, 1.807) is 4.57 Å². The third kappa shape index (κ3) is 3.71. The Morgan fingerprint density at radius 3 is 2.53 bits per heavy atom. The number of alkyl halides is 1. The van der Waals surface area contributed by atoms with Crippen LogP contribution >= 0.6 is 15.9 Å². The molecule has 1 aliphatic rings. The van der Waals surface area contributed by atoms with E-state index in [1.165, 1.54) is 13.2 Å². The Morgan fingerprint density at radius 2 is 1.90 bits per heavy atom. The molecule has 0 atom stereocenters. The number of ether oxygens (including phenoxy) is 1. The molecule has 0 radical (unpaired) electrons. The number of halogens is 5. The second-order valence-electron chi connectivity index (χ2n) is 7.60. The highest BCUT2D eigenvalue weighted by Crippen LogP contribution is 2.48. The first-order chi connectivity index (χ1) is 14.3. The molecule has 1 aliphatic carbocycles. The SMILES string of the molecule is COC(=O)c1cc(F)c2nc(Cc3cc(F)c(Br)cc3F)n(CC3(CF)CC3)c2c1. The van der Waals surface area contributed by atoms with Crippen LogP contribution in [0.2, 0.25) is 0 Å². The summed E-state index contributed by atoms with van der Waals surface area (Å²) in [5, 5.41) is 0. The second kappa shape index (κ2) is 7.68. The molecule has 9 heteroatoms. The van der Waals surface area contributed by atoms with Crippen LogP contribution in [0.1, 0.15) is 34.6 Å². The van der Waals surface area contributed by atoms with Gasteiger partial charge in [0.25, 0.3) is 0 Å². The van der Waals surface area contributed by atoms with Crippen LogP contribution in [0, 0.1) is 22.9 Å². The van der Waals surface area contributed by atoms with E-state index in [9.17, 15) is 22.4 Å². The lowest BCUT2D eigenvalue weighted by atomic mass is 10.1. The predicted octanol–water partition coefficient (Wildman–Crippen LogP) is 5.34. The summed E-state index contributed by atoms with van der Waals surface area (Å²) < 4.78 is 62.9. The van der Waals surface area contributed by atoms with Gasteiger partial charge in [-0.2, -0.15) is 0 Å². The molecule has 0 spiro atoms. The predicted molar refractivity (Wildman–Crippen MR) is 106 cm³/mol. The lowest BCUT2D eigenvalue weighted by Gasteiger charge is -2.16. The van der Waals surface area contributed by atoms with Gasteiger partial charge in [-0.1, -0.05) is 0 Å². The number of nitrogens with zero attached hydrogens (tertiary/aromatic N) is 2. The molecule has 1 fully saturated rings. The summed E-state index contributed by atoms with van der Waals surface area (Å²) in [5.74, 6) is -2.51. The van der Waals surface area contributed by atoms with Gasteiger partial charge in [0, 0.05) is 18.4 Å². The highest BCUT2D eigenvalue weighted by Gasteiger charge is 2.44. The number of hydrogen-bond acceptors (Lipinski definition) is 3. The van der Waals surface area contributed by atoms with Gasteiger partial charge < -0.3 is 9.30 Å². The topological polar surface area (TPSA) is 44.1 Å². The first kappa shape index (κ1) is 20.8. The van der Waals surface area contributed by atoms with Gasteiger partial charge in [-0.3, -0.25) is 4.39 Å². The molecule has 158 valence electrons. The van der Waals surface area contributed by atoms with E-state index >= 15 is 0 Å². The van der Waals surface area contributed by atoms with Crippen molar-refractivity contribution in [3.05, 3.63) is 63.1 Å². The molecule has 0 bridgehead atoms. The molecule has 2 aromatic carbocycles. The average Bonchev–Trinajstić information content (AvgIpc) is 3.42. The summed E-state index contributed by atoms with van der Waals surface area (Å²) in [4.78, 5) is 16.2. The number of hydrogen-bond donors (Lipinski definition) is 0. The van der Waals surface area contributed by atoms with Crippen LogP contribution in [0.4, 0.5) is 17.6 Å². The monoisotopic (exact) mass is 484 g/mol. The van der Waals surface area contributed by atoms with Gasteiger partial charge in [0.05, 0.1) is 29.3 Å². The minimum absolute atomic E-state index is 0.0128. The van der Waals surface area contributed by atoms with Crippen molar-refractivity contribution < 1.29 is 27.1 Å². The van der Waals surface area contributed by atoms with Crippen LogP contribution in [-0.4, -0.2) is 29.3 Å². The number of carbonyl (C=O) groups is 1. The van der Waals surface area contributed by atoms with E-state index < -0.39 is 35.5 Å². The number of methoxy groups -OCH3 is 1. The zero-order chi connectivity index (χ0) is 21.6. The molecule has 4 nitrogen and oxygen atoms in total. The first-order valence-corrected chi connectivity index (χ1v) is 10.0. The fourth-order valence-corrected chi connectivity index (χ4v) is 3.81. The number of carbonyl (C=O) groups excluding carboxylic acids is 1. The summed E-state index contributed by atoms with van der Waals surface area (Å²) in [6, 6.07) is 4.49. The minimum Gasteiger partial charge on any atom is -0.465 e. The number of esters is 1. The largest absolute Gasteiger partial charge is 0.465 e. The smallest absolute Gasteiger partial charge is 0.338 e. The summed E-state index contributed by atoms with van der Waals surface area (Å²) in [6.07, 6.45) is 1.19. The van der Waals surface area contributed by atoms with Crippen molar-refractivity contribution in [2.24, 2.45) is 5.41 Å². The molecule has 0 N–H and O–H groups in total. The van der Waals surface area contributed by atoms with Gasteiger partial charge >= 0.3 is 5.97 Å². The van der Waals surface area contributed by atoms with Crippen LogP contribution in [-0.2, 0) is 17.7 Å². The van der Waals surface area contributed by atoms with Crippen molar-refractivity contribution >= 4 is 32.9 Å². The van der Waals surface area contributed by atoms with Gasteiger partial charge in [-0.25, -0.2) is 22.9 Å². The number of benzene rings is 2. The maximum atomic E-state index is 14.7. The Morgan fingerprint density at radius 1 is 1.17 bits per heavy atom. The third-order valence-corrected chi connectivity index (χ3v) is 6.09. The molecule has 0 unspecified atom stereocenters. The highest BCUT2D eigenvalue weighted by molar-refractivity contribution is 9.10. The maximum absolute atomic E-state index is 14.7. The number of fused-ring (bicyclic) bond motifs is 1. The summed E-state index contributed by atoms with van der Waals surface area (Å²) in [5.41, 5.74) is -0.315. The van der Waals surface area contributed by atoms with Crippen molar-refractivity contribution in [3.63, 3.8) is 0 Å². The van der Waals surface area contributed by atoms with Crippen molar-refractivity contribution in [1.82, 2.24) is 9.55 Å². The Hall–Kier alpha value is -2.42. The molecular weight excluding hydrogens is 468 g/mol. The zero-order valence-electron chi connectivity index (χ0n) is 15.9. The van der Waals surface area contributed by atoms with Gasteiger partial charge in [0.2, 0.25) is 0 Å². The Labute approximate surface area is 178 Å². The third-order valence-electron chi connectivity index (χ3n) is 5.48. The Balaban J connectivity index is 1.87. The van der Waals surface area contributed by atoms with Gasteiger partial charge in [-0.15, -0.1) is 0 Å². The number of aromatic nitrogens is 2. The number of rotatable bonds is 6. The summed E-state index contributed by atoms with van der Waals surface area (Å²) in [6.45, 7) is -0.368. The van der Waals surface area contributed by atoms with Crippen LogP contribution in [0.5, 0.6) is 0 Å². The molecule has 30 heavy (non-hydrogen) atoms. The number of imidazole rings is 1. The van der Waals surface area contributed by atoms with Crippen LogP contribution in [0.15, 0.2) is 28.7 Å². The molecule has 1 saturated carbocycles. The Kier molecular flexibility index (Phi) is 5.34. The normalized spacial score (nSPS) is 14.9. The highest BCUT2D eigenvalue weighted by atomic mass is 79.9. The fourth-order valence-electron chi connectivity index (χ4n) is 3.49. The van der Waals surface area contributed by atoms with E-state index in [0.29, 0.717) is 12.8 Å². The van der Waals surface area contributed by atoms with Gasteiger partial charge in [0.15, 0.2) is 5.82 Å². The Bertz CT molecular complexity index is 1160. The van der Waals surface area contributed by atoms with Crippen molar-refractivity contribution in [3.8, 4) is 0 Å². The standard InChI is InChI=1S/C21H17BrF4N2O2/c1-30-20(29)12-5-16(26)19-17(6-12)28(10-21(9-23)2-3-21)18(27-19)7-11-4-15(25)13(22)8-14(11)24/h4-6,8H,2-3,7,9-10H2,1H3. The lowest BCUT2D eigenvalue weighted by Crippen LogP contribution is -2.16. The van der Waals surface area contributed by atoms with E-state index in [-0.39, 0.29) is 45.4 Å². The van der Waals surface area contributed by atoms with Crippen molar-refractivity contribution in [1.29, 1.82) is 0 Å². The maximum Gasteiger partial charge on any atom is 0.338 e. The molecule has 0 aliphatic heterocycles. The lowest BCUT2D eigenvalue weighted by molar-refractivity contribution is 0.0600.